The Labute approximate surface area is 184 Å². The number of unbranched alkanes of at least 4 members (excludes halogenated alkanes) is 1. The molecule has 2 amide bonds. The van der Waals surface area contributed by atoms with Crippen LogP contribution >= 0.6 is 0 Å². The van der Waals surface area contributed by atoms with E-state index in [2.05, 4.69) is 6.92 Å². The maximum absolute atomic E-state index is 13.6. The lowest BCUT2D eigenvalue weighted by Gasteiger charge is -2.50. The Morgan fingerprint density at radius 1 is 1.29 bits per heavy atom. The monoisotopic (exact) mass is 455 g/mol. The van der Waals surface area contributed by atoms with Gasteiger partial charge in [0.15, 0.2) is 0 Å². The Kier molecular flexibility index (Phi) is 8.07. The van der Waals surface area contributed by atoms with Gasteiger partial charge in [-0.15, -0.1) is 0 Å². The lowest BCUT2D eigenvalue weighted by Crippen LogP contribution is -2.66. The van der Waals surface area contributed by atoms with Gasteiger partial charge in [-0.3, -0.25) is 14.8 Å². The number of nitrogens with zero attached hydrogens (tertiary/aromatic N) is 2. The molecule has 1 atom stereocenters. The van der Waals surface area contributed by atoms with Crippen LogP contribution in [0.1, 0.15) is 53.9 Å². The molecule has 1 aromatic rings. The Bertz CT molecular complexity index is 883. The zero-order valence-corrected chi connectivity index (χ0v) is 19.6. The molecule has 1 heterocycles. The predicted octanol–water partition coefficient (Wildman–Crippen LogP) is 2.35. The molecule has 1 fully saturated rings. The minimum absolute atomic E-state index is 0.0404. The third kappa shape index (κ3) is 5.55. The summed E-state index contributed by atoms with van der Waals surface area (Å²) in [6.45, 7) is 9.40. The third-order valence-corrected chi connectivity index (χ3v) is 7.12. The first-order valence-corrected chi connectivity index (χ1v) is 11.9. The molecule has 1 saturated heterocycles. The number of carbonyl (C=O) groups is 2. The van der Waals surface area contributed by atoms with E-state index >= 15 is 0 Å². The van der Waals surface area contributed by atoms with Crippen molar-refractivity contribution in [2.45, 2.75) is 71.0 Å². The van der Waals surface area contributed by atoms with Crippen LogP contribution in [0.3, 0.4) is 0 Å². The van der Waals surface area contributed by atoms with E-state index in [9.17, 15) is 18.0 Å². The summed E-state index contributed by atoms with van der Waals surface area (Å²) in [4.78, 5) is 26.4. The van der Waals surface area contributed by atoms with Gasteiger partial charge < -0.3 is 9.64 Å². The van der Waals surface area contributed by atoms with Crippen LogP contribution in [-0.2, 0) is 19.6 Å². The van der Waals surface area contributed by atoms with Crippen LogP contribution in [0.4, 0.5) is 0 Å². The first-order chi connectivity index (χ1) is 14.5. The number of carbonyl (C=O) groups excluding carboxylic acids is 2. The quantitative estimate of drug-likeness (QED) is 0.335. The largest absolute Gasteiger partial charge is 0.494 e. The van der Waals surface area contributed by atoms with Crippen molar-refractivity contribution in [3.63, 3.8) is 0 Å². The van der Waals surface area contributed by atoms with E-state index in [1.54, 1.807) is 39.8 Å². The molecule has 0 radical (unpaired) electrons. The standard InChI is InChI=1S/C21H33N3O6S/c1-6-7-12-30-16-8-10-17(11-9-16)31(28,29)23-14-21(4,5)20(26)24(15(2)3)19(23)13-18(25)22-27/h8-11,15,19,27H,6-7,12-14H2,1-5H3,(H,22,25). The highest BCUT2D eigenvalue weighted by atomic mass is 32.2. The topological polar surface area (TPSA) is 116 Å². The summed E-state index contributed by atoms with van der Waals surface area (Å²) >= 11 is 0. The van der Waals surface area contributed by atoms with Crippen molar-refractivity contribution in [2.24, 2.45) is 5.41 Å². The Morgan fingerprint density at radius 2 is 1.90 bits per heavy atom. The number of hydrogen-bond donors (Lipinski definition) is 2. The second-order valence-electron chi connectivity index (χ2n) is 8.63. The number of sulfonamides is 1. The molecule has 1 aliphatic heterocycles. The fourth-order valence-corrected chi connectivity index (χ4v) is 5.34. The number of nitrogens with one attached hydrogen (secondary N) is 1. The number of hydrogen-bond acceptors (Lipinski definition) is 6. The average molecular weight is 456 g/mol. The summed E-state index contributed by atoms with van der Waals surface area (Å²) in [6.07, 6.45) is 0.452. The van der Waals surface area contributed by atoms with Gasteiger partial charge in [-0.05, 0) is 58.4 Å². The van der Waals surface area contributed by atoms with Gasteiger partial charge in [0.1, 0.15) is 11.9 Å². The Morgan fingerprint density at radius 3 is 2.42 bits per heavy atom. The lowest BCUT2D eigenvalue weighted by atomic mass is 9.87. The fourth-order valence-electron chi connectivity index (χ4n) is 3.60. The molecule has 10 heteroatoms. The highest BCUT2D eigenvalue weighted by Crippen LogP contribution is 2.36. The molecule has 9 nitrogen and oxygen atoms in total. The SMILES string of the molecule is CCCCOc1ccc(S(=O)(=O)N2CC(C)(C)C(=O)N(C(C)C)C2CC(=O)NO)cc1. The molecular weight excluding hydrogens is 422 g/mol. The summed E-state index contributed by atoms with van der Waals surface area (Å²) in [5, 5.41) is 9.00. The molecule has 0 spiro atoms. The summed E-state index contributed by atoms with van der Waals surface area (Å²) in [5.74, 6) is -0.450. The van der Waals surface area contributed by atoms with Crippen molar-refractivity contribution >= 4 is 21.8 Å². The Balaban J connectivity index is 2.44. The molecule has 174 valence electrons. The molecule has 31 heavy (non-hydrogen) atoms. The molecule has 1 aromatic carbocycles. The van der Waals surface area contributed by atoms with Crippen molar-refractivity contribution < 1.29 is 28.0 Å². The van der Waals surface area contributed by atoms with Crippen molar-refractivity contribution in [2.75, 3.05) is 13.2 Å². The number of benzene rings is 1. The normalized spacial score (nSPS) is 19.5. The zero-order chi connectivity index (χ0) is 23.4. The third-order valence-electron chi connectivity index (χ3n) is 5.26. The maximum atomic E-state index is 13.6. The smallest absolute Gasteiger partial charge is 0.246 e. The van der Waals surface area contributed by atoms with Gasteiger partial charge in [0.05, 0.1) is 23.3 Å². The van der Waals surface area contributed by atoms with Crippen molar-refractivity contribution in [3.05, 3.63) is 24.3 Å². The second-order valence-corrected chi connectivity index (χ2v) is 10.5. The second kappa shape index (κ2) is 9.97. The zero-order valence-electron chi connectivity index (χ0n) is 18.8. The molecule has 0 bridgehead atoms. The number of rotatable bonds is 9. The van der Waals surface area contributed by atoms with Crippen LogP contribution in [-0.4, -0.2) is 60.0 Å². The fraction of sp³-hybridized carbons (Fsp3) is 0.619. The van der Waals surface area contributed by atoms with Crippen molar-refractivity contribution in [3.8, 4) is 5.75 Å². The van der Waals surface area contributed by atoms with Gasteiger partial charge in [0.2, 0.25) is 21.8 Å². The summed E-state index contributed by atoms with van der Waals surface area (Å²) in [5.41, 5.74) is 0.557. The molecule has 0 aliphatic carbocycles. The van der Waals surface area contributed by atoms with Crippen LogP contribution in [0, 0.1) is 5.41 Å². The predicted molar refractivity (Wildman–Crippen MR) is 115 cm³/mol. The highest BCUT2D eigenvalue weighted by Gasteiger charge is 2.50. The van der Waals surface area contributed by atoms with Crippen molar-refractivity contribution in [1.82, 2.24) is 14.7 Å². The van der Waals surface area contributed by atoms with Crippen LogP contribution in [0.25, 0.3) is 0 Å². The van der Waals surface area contributed by atoms with E-state index < -0.39 is 27.5 Å². The summed E-state index contributed by atoms with van der Waals surface area (Å²) in [6, 6.07) is 5.76. The van der Waals surface area contributed by atoms with E-state index in [0.29, 0.717) is 12.4 Å². The summed E-state index contributed by atoms with van der Waals surface area (Å²) in [7, 11) is -4.05. The van der Waals surface area contributed by atoms with E-state index in [0.717, 1.165) is 12.8 Å². The van der Waals surface area contributed by atoms with Crippen LogP contribution in [0.5, 0.6) is 5.75 Å². The van der Waals surface area contributed by atoms with Gasteiger partial charge in [-0.2, -0.15) is 4.31 Å². The van der Waals surface area contributed by atoms with Gasteiger partial charge in [0.25, 0.3) is 0 Å². The molecule has 2 N–H and O–H groups in total. The van der Waals surface area contributed by atoms with Crippen LogP contribution in [0.2, 0.25) is 0 Å². The van der Waals surface area contributed by atoms with E-state index in [1.165, 1.54) is 26.8 Å². The summed E-state index contributed by atoms with van der Waals surface area (Å²) < 4.78 is 33.9. The van der Waals surface area contributed by atoms with Crippen molar-refractivity contribution in [1.29, 1.82) is 0 Å². The van der Waals surface area contributed by atoms with Gasteiger partial charge in [0, 0.05) is 12.6 Å². The maximum Gasteiger partial charge on any atom is 0.246 e. The van der Waals surface area contributed by atoms with E-state index in [1.807, 2.05) is 0 Å². The number of hydroxylamine groups is 1. The van der Waals surface area contributed by atoms with Gasteiger partial charge >= 0.3 is 0 Å². The molecule has 2 rings (SSSR count). The number of ether oxygens (including phenoxy) is 1. The molecule has 1 aliphatic rings. The van der Waals surface area contributed by atoms with Gasteiger partial charge in [-0.25, -0.2) is 13.9 Å². The van der Waals surface area contributed by atoms with E-state index in [4.69, 9.17) is 9.94 Å². The van der Waals surface area contributed by atoms with Crippen LogP contribution < -0.4 is 10.2 Å². The average Bonchev–Trinajstić information content (AvgIpc) is 2.70. The minimum Gasteiger partial charge on any atom is -0.494 e. The first-order valence-electron chi connectivity index (χ1n) is 10.5. The Hall–Kier alpha value is -2.17. The number of amides is 2. The van der Waals surface area contributed by atoms with Gasteiger partial charge in [-0.1, -0.05) is 13.3 Å². The van der Waals surface area contributed by atoms with Crippen LogP contribution in [0.15, 0.2) is 29.2 Å². The first kappa shape index (κ1) is 25.1. The molecule has 0 aromatic heterocycles. The molecule has 0 saturated carbocycles. The van der Waals surface area contributed by atoms with E-state index in [-0.39, 0.29) is 29.8 Å². The highest BCUT2D eigenvalue weighted by molar-refractivity contribution is 7.89. The molecule has 1 unspecified atom stereocenters. The lowest BCUT2D eigenvalue weighted by molar-refractivity contribution is -0.158. The minimum atomic E-state index is -4.05. The molecular formula is C21H33N3O6S.